The summed E-state index contributed by atoms with van der Waals surface area (Å²) in [6.07, 6.45) is -17.7. The minimum atomic E-state index is -7.05. The van der Waals surface area contributed by atoms with Crippen LogP contribution in [0.5, 0.6) is 0 Å². The van der Waals surface area contributed by atoms with Gasteiger partial charge >= 0.3 is 48.4 Å². The van der Waals surface area contributed by atoms with Crippen molar-refractivity contribution in [3.63, 3.8) is 0 Å². The van der Waals surface area contributed by atoms with Crippen molar-refractivity contribution in [1.29, 1.82) is 0 Å². The molecule has 0 N–H and O–H groups in total. The van der Waals surface area contributed by atoms with Crippen molar-refractivity contribution in [2.75, 3.05) is 0 Å². The fourth-order valence-corrected chi connectivity index (χ4v) is 1.39. The van der Waals surface area contributed by atoms with Crippen molar-refractivity contribution >= 4 is 0 Å². The summed E-state index contributed by atoms with van der Waals surface area (Å²) in [7, 11) is 0. The van der Waals surface area contributed by atoms with Crippen molar-refractivity contribution in [2.45, 2.75) is 61.2 Å². The molecule has 0 unspecified atom stereocenters. The Morgan fingerprint density at radius 1 is 0.423 bits per heavy atom. The minimum absolute atomic E-state index is 3.43. The first kappa shape index (κ1) is 24.9. The van der Waals surface area contributed by atoms with E-state index in [1.165, 1.54) is 0 Å². The van der Waals surface area contributed by atoms with Gasteiger partial charge in [0.2, 0.25) is 0 Å². The third-order valence-electron chi connectivity index (χ3n) is 3.06. The fourth-order valence-electron chi connectivity index (χ4n) is 1.39. The lowest BCUT2D eigenvalue weighted by atomic mass is 9.94. The number of hydrogen-bond donors (Lipinski definition) is 0. The Bertz CT molecular complexity index is 433. The first-order valence-corrected chi connectivity index (χ1v) is 5.93. The molecule has 0 radical (unpaired) electrons. The summed E-state index contributed by atoms with van der Waals surface area (Å²) in [5.74, 6) is -40.7. The maximum atomic E-state index is 13.0. The second-order valence-electron chi connectivity index (χ2n) is 4.91. The van der Waals surface area contributed by atoms with Gasteiger partial charge in [-0.05, 0) is 0 Å². The lowest BCUT2D eigenvalue weighted by molar-refractivity contribution is -0.355. The lowest BCUT2D eigenvalue weighted by Gasteiger charge is -2.35. The van der Waals surface area contributed by atoms with Crippen LogP contribution in [0.4, 0.5) is 70.2 Å². The van der Waals surface area contributed by atoms with Crippen LogP contribution >= 0.6 is 0 Å². The summed E-state index contributed by atoms with van der Waals surface area (Å²) in [5, 5.41) is 0. The van der Waals surface area contributed by atoms with E-state index in [2.05, 4.69) is 0 Å². The molecule has 0 atom stereocenters. The van der Waals surface area contributed by atoms with Crippen molar-refractivity contribution in [1.82, 2.24) is 0 Å². The molecule has 26 heavy (non-hydrogen) atoms. The number of rotatable bonds is 9. The standard InChI is InChI=1S/C10H6F16/c11-3(12)7(19,20)9(23,24)5(15,16)1-2-6(17,18)10(25,26)8(21,22)4(13)14/h3-4H,1-2H2. The van der Waals surface area contributed by atoms with E-state index in [9.17, 15) is 70.2 Å². The first-order valence-electron chi connectivity index (χ1n) is 5.93. The van der Waals surface area contributed by atoms with Crippen LogP contribution < -0.4 is 0 Å². The predicted octanol–water partition coefficient (Wildman–Crippen LogP) is 6.11. The molecule has 0 fully saturated rings. The first-order chi connectivity index (χ1) is 11.1. The zero-order chi connectivity index (χ0) is 21.6. The van der Waals surface area contributed by atoms with Gasteiger partial charge in [-0.1, -0.05) is 0 Å². The van der Waals surface area contributed by atoms with E-state index in [0.717, 1.165) is 0 Å². The summed E-state index contributed by atoms with van der Waals surface area (Å²) >= 11 is 0. The topological polar surface area (TPSA) is 0 Å². The molecule has 0 nitrogen and oxygen atoms in total. The van der Waals surface area contributed by atoms with Gasteiger partial charge in [0.1, 0.15) is 0 Å². The van der Waals surface area contributed by atoms with Crippen LogP contribution in [0.3, 0.4) is 0 Å². The van der Waals surface area contributed by atoms with Crippen molar-refractivity contribution in [3.05, 3.63) is 0 Å². The molecule has 0 saturated heterocycles. The Kier molecular flexibility index (Phi) is 6.51. The summed E-state index contributed by atoms with van der Waals surface area (Å²) < 4.78 is 200. The highest BCUT2D eigenvalue weighted by Crippen LogP contribution is 2.54. The van der Waals surface area contributed by atoms with Crippen molar-refractivity contribution in [3.8, 4) is 0 Å². The molecule has 0 heterocycles. The SMILES string of the molecule is FC(F)C(F)(F)C(F)(F)C(F)(F)CCC(F)(F)C(F)(F)C(F)(F)C(F)F. The molecule has 0 aliphatic rings. The van der Waals surface area contributed by atoms with Crippen molar-refractivity contribution < 1.29 is 70.2 Å². The molecule has 0 amide bonds. The highest BCUT2D eigenvalue weighted by molar-refractivity contribution is 5.02. The average molecular weight is 430 g/mol. The van der Waals surface area contributed by atoms with Gasteiger partial charge in [0.15, 0.2) is 0 Å². The van der Waals surface area contributed by atoms with Crippen LogP contribution in [0, 0.1) is 0 Å². The molecule has 0 bridgehead atoms. The third kappa shape index (κ3) is 3.77. The van der Waals surface area contributed by atoms with E-state index >= 15 is 0 Å². The Hall–Kier alpha value is -1.12. The van der Waals surface area contributed by atoms with E-state index in [1.54, 1.807) is 0 Å². The fraction of sp³-hybridized carbons (Fsp3) is 1.00. The molecule has 0 aromatic rings. The lowest BCUT2D eigenvalue weighted by Crippen LogP contribution is -2.60. The van der Waals surface area contributed by atoms with Gasteiger partial charge in [0.05, 0.1) is 0 Å². The molecular weight excluding hydrogens is 424 g/mol. The van der Waals surface area contributed by atoms with Gasteiger partial charge in [-0.15, -0.1) is 0 Å². The predicted molar refractivity (Wildman–Crippen MR) is 50.9 cm³/mol. The Balaban J connectivity index is 5.62. The van der Waals surface area contributed by atoms with E-state index in [1.807, 2.05) is 0 Å². The van der Waals surface area contributed by atoms with Crippen LogP contribution in [-0.2, 0) is 0 Å². The third-order valence-corrected chi connectivity index (χ3v) is 3.06. The largest absolute Gasteiger partial charge is 0.377 e. The van der Waals surface area contributed by atoms with Gasteiger partial charge < -0.3 is 0 Å². The molecular formula is C10H6F16. The van der Waals surface area contributed by atoms with Gasteiger partial charge in [-0.25, -0.2) is 17.6 Å². The molecule has 0 aliphatic carbocycles. The number of halogens is 16. The molecule has 0 aliphatic heterocycles. The quantitative estimate of drug-likeness (QED) is 0.388. The van der Waals surface area contributed by atoms with Crippen LogP contribution in [0.15, 0.2) is 0 Å². The normalized spacial score (nSPS) is 15.9. The molecule has 158 valence electrons. The van der Waals surface area contributed by atoms with Gasteiger partial charge in [-0.2, -0.15) is 52.7 Å². The van der Waals surface area contributed by atoms with Gasteiger partial charge in [-0.3, -0.25) is 0 Å². The Morgan fingerprint density at radius 2 is 0.615 bits per heavy atom. The summed E-state index contributed by atoms with van der Waals surface area (Å²) in [6.45, 7) is 0. The summed E-state index contributed by atoms with van der Waals surface area (Å²) in [5.41, 5.74) is 0. The van der Waals surface area contributed by atoms with Crippen LogP contribution in [0.25, 0.3) is 0 Å². The smallest absolute Gasteiger partial charge is 0.203 e. The summed E-state index contributed by atoms with van der Waals surface area (Å²) in [6, 6.07) is 0. The molecule has 16 heteroatoms. The van der Waals surface area contributed by atoms with Crippen LogP contribution in [0.1, 0.15) is 12.8 Å². The van der Waals surface area contributed by atoms with E-state index in [-0.39, 0.29) is 0 Å². The van der Waals surface area contributed by atoms with Gasteiger partial charge in [0.25, 0.3) is 0 Å². The van der Waals surface area contributed by atoms with Gasteiger partial charge in [0, 0.05) is 12.8 Å². The highest BCUT2D eigenvalue weighted by Gasteiger charge is 2.78. The second-order valence-corrected chi connectivity index (χ2v) is 4.91. The monoisotopic (exact) mass is 430 g/mol. The Labute approximate surface area is 133 Å². The number of hydrogen-bond acceptors (Lipinski definition) is 0. The van der Waals surface area contributed by atoms with E-state index in [0.29, 0.717) is 0 Å². The molecule has 0 aromatic heterocycles. The molecule has 0 aromatic carbocycles. The minimum Gasteiger partial charge on any atom is -0.203 e. The zero-order valence-electron chi connectivity index (χ0n) is 11.6. The average Bonchev–Trinajstić information content (AvgIpc) is 2.44. The van der Waals surface area contributed by atoms with Crippen LogP contribution in [0.2, 0.25) is 0 Å². The maximum Gasteiger partial charge on any atom is 0.377 e. The molecule has 0 rings (SSSR count). The summed E-state index contributed by atoms with van der Waals surface area (Å²) in [4.78, 5) is 0. The molecule has 0 saturated carbocycles. The van der Waals surface area contributed by atoms with E-state index in [4.69, 9.17) is 0 Å². The second kappa shape index (κ2) is 6.80. The van der Waals surface area contributed by atoms with E-state index < -0.39 is 61.2 Å². The van der Waals surface area contributed by atoms with Crippen molar-refractivity contribution in [2.24, 2.45) is 0 Å². The number of alkyl halides is 16. The van der Waals surface area contributed by atoms with Crippen LogP contribution in [-0.4, -0.2) is 48.4 Å². The molecule has 0 spiro atoms. The maximum absolute atomic E-state index is 13.0. The zero-order valence-corrected chi connectivity index (χ0v) is 11.6. The Morgan fingerprint density at radius 3 is 0.769 bits per heavy atom. The highest BCUT2D eigenvalue weighted by atomic mass is 19.4.